The fraction of sp³-hybridized carbons (Fsp3) is 1.00. The van der Waals surface area contributed by atoms with E-state index >= 15 is 0 Å². The first-order valence-electron chi connectivity index (χ1n) is 5.10. The maximum absolute atomic E-state index is 5.57. The topological polar surface area (TPSA) is 35.2 Å². The Morgan fingerprint density at radius 2 is 2.08 bits per heavy atom. The van der Waals surface area contributed by atoms with Crippen molar-refractivity contribution in [3.8, 4) is 0 Å². The van der Waals surface area contributed by atoms with Gasteiger partial charge in [-0.3, -0.25) is 0 Å². The molecule has 0 aromatic heterocycles. The predicted octanol–water partition coefficient (Wildman–Crippen LogP) is 2.13. The van der Waals surface area contributed by atoms with Gasteiger partial charge in [0.25, 0.3) is 0 Å². The molecule has 0 aliphatic heterocycles. The Hall–Kier alpha value is 0.270. The van der Waals surface area contributed by atoms with Crippen LogP contribution in [0.5, 0.6) is 0 Å². The molecule has 0 aromatic rings. The molecule has 1 unspecified atom stereocenters. The standard InChI is InChI=1S/C10H23NOS/c1-4-12-10(7-11)5-6-13-8-9(2)3/h9-10H,4-8,11H2,1-3H3. The Labute approximate surface area is 86.6 Å². The molecule has 0 bridgehead atoms. The smallest absolute Gasteiger partial charge is 0.0705 e. The second kappa shape index (κ2) is 8.85. The minimum atomic E-state index is 0.268. The molecule has 0 heterocycles. The van der Waals surface area contributed by atoms with Gasteiger partial charge in [-0.1, -0.05) is 13.8 Å². The molecule has 2 nitrogen and oxygen atoms in total. The van der Waals surface area contributed by atoms with E-state index in [9.17, 15) is 0 Å². The lowest BCUT2D eigenvalue weighted by atomic mass is 10.3. The fourth-order valence-electron chi connectivity index (χ4n) is 1.04. The van der Waals surface area contributed by atoms with Gasteiger partial charge in [-0.25, -0.2) is 0 Å². The molecule has 0 aliphatic rings. The molecule has 0 saturated carbocycles. The number of nitrogens with two attached hydrogens (primary N) is 1. The molecular weight excluding hydrogens is 182 g/mol. The third kappa shape index (κ3) is 8.60. The van der Waals surface area contributed by atoms with Crippen LogP contribution in [-0.2, 0) is 4.74 Å². The maximum atomic E-state index is 5.57. The highest BCUT2D eigenvalue weighted by Crippen LogP contribution is 2.10. The normalized spacial score (nSPS) is 13.6. The molecule has 0 radical (unpaired) electrons. The molecule has 0 rings (SSSR count). The first kappa shape index (κ1) is 13.3. The highest BCUT2D eigenvalue weighted by Gasteiger charge is 2.05. The van der Waals surface area contributed by atoms with Crippen LogP contribution in [0.3, 0.4) is 0 Å². The summed E-state index contributed by atoms with van der Waals surface area (Å²) in [5, 5.41) is 0. The summed E-state index contributed by atoms with van der Waals surface area (Å²) in [4.78, 5) is 0. The van der Waals surface area contributed by atoms with Crippen molar-refractivity contribution in [3.63, 3.8) is 0 Å². The van der Waals surface area contributed by atoms with Gasteiger partial charge in [0.05, 0.1) is 6.10 Å². The average Bonchev–Trinajstić information content (AvgIpc) is 2.10. The number of hydrogen-bond donors (Lipinski definition) is 1. The molecule has 2 N–H and O–H groups in total. The highest BCUT2D eigenvalue weighted by atomic mass is 32.2. The molecule has 0 aromatic carbocycles. The minimum Gasteiger partial charge on any atom is -0.377 e. The van der Waals surface area contributed by atoms with Gasteiger partial charge in [0.1, 0.15) is 0 Å². The van der Waals surface area contributed by atoms with Crippen molar-refractivity contribution >= 4 is 11.8 Å². The predicted molar refractivity (Wildman–Crippen MR) is 61.2 cm³/mol. The number of hydrogen-bond acceptors (Lipinski definition) is 3. The van der Waals surface area contributed by atoms with Crippen molar-refractivity contribution < 1.29 is 4.74 Å². The Balaban J connectivity index is 3.27. The van der Waals surface area contributed by atoms with Crippen LogP contribution in [0.1, 0.15) is 27.2 Å². The third-order valence-electron chi connectivity index (χ3n) is 1.70. The monoisotopic (exact) mass is 205 g/mol. The lowest BCUT2D eigenvalue weighted by molar-refractivity contribution is 0.0674. The van der Waals surface area contributed by atoms with Crippen molar-refractivity contribution in [2.75, 3.05) is 24.7 Å². The van der Waals surface area contributed by atoms with Gasteiger partial charge >= 0.3 is 0 Å². The van der Waals surface area contributed by atoms with E-state index < -0.39 is 0 Å². The van der Waals surface area contributed by atoms with E-state index in [0.29, 0.717) is 6.54 Å². The number of rotatable bonds is 8. The van der Waals surface area contributed by atoms with Gasteiger partial charge < -0.3 is 10.5 Å². The van der Waals surface area contributed by atoms with Crippen LogP contribution in [-0.4, -0.2) is 30.8 Å². The van der Waals surface area contributed by atoms with Crippen molar-refractivity contribution in [2.45, 2.75) is 33.3 Å². The first-order chi connectivity index (χ1) is 6.20. The van der Waals surface area contributed by atoms with Crippen LogP contribution in [0.15, 0.2) is 0 Å². The fourth-order valence-corrected chi connectivity index (χ4v) is 2.11. The summed E-state index contributed by atoms with van der Waals surface area (Å²) in [5.74, 6) is 3.19. The third-order valence-corrected chi connectivity index (χ3v) is 3.13. The molecule has 0 saturated heterocycles. The number of thioether (sulfide) groups is 1. The van der Waals surface area contributed by atoms with E-state index in [0.717, 1.165) is 18.9 Å². The summed E-state index contributed by atoms with van der Waals surface area (Å²) < 4.78 is 5.46. The molecule has 1 atom stereocenters. The van der Waals surface area contributed by atoms with E-state index in [2.05, 4.69) is 13.8 Å². The van der Waals surface area contributed by atoms with E-state index in [4.69, 9.17) is 10.5 Å². The molecule has 80 valence electrons. The summed E-state index contributed by atoms with van der Waals surface area (Å²) in [7, 11) is 0. The SMILES string of the molecule is CCOC(CN)CCSCC(C)C. The maximum Gasteiger partial charge on any atom is 0.0705 e. The summed E-state index contributed by atoms with van der Waals surface area (Å²) in [6.07, 6.45) is 1.35. The zero-order chi connectivity index (χ0) is 10.1. The largest absolute Gasteiger partial charge is 0.377 e. The molecule has 13 heavy (non-hydrogen) atoms. The first-order valence-corrected chi connectivity index (χ1v) is 6.25. The van der Waals surface area contributed by atoms with Crippen LogP contribution in [0.2, 0.25) is 0 Å². The van der Waals surface area contributed by atoms with Gasteiger partial charge in [0.15, 0.2) is 0 Å². The van der Waals surface area contributed by atoms with Crippen molar-refractivity contribution in [1.82, 2.24) is 0 Å². The number of ether oxygens (including phenoxy) is 1. The Kier molecular flexibility index (Phi) is 9.03. The highest BCUT2D eigenvalue weighted by molar-refractivity contribution is 7.99. The second-order valence-corrected chi connectivity index (χ2v) is 4.72. The lowest BCUT2D eigenvalue weighted by Crippen LogP contribution is -2.24. The molecule has 0 fully saturated rings. The molecule has 0 aliphatic carbocycles. The molecule has 0 spiro atoms. The van der Waals surface area contributed by atoms with Gasteiger partial charge in [-0.05, 0) is 30.8 Å². The quantitative estimate of drug-likeness (QED) is 0.617. The Morgan fingerprint density at radius 1 is 1.38 bits per heavy atom. The van der Waals surface area contributed by atoms with E-state index in [1.165, 1.54) is 11.5 Å². The van der Waals surface area contributed by atoms with Gasteiger partial charge in [-0.15, -0.1) is 0 Å². The van der Waals surface area contributed by atoms with Crippen LogP contribution >= 0.6 is 11.8 Å². The Morgan fingerprint density at radius 3 is 2.54 bits per heavy atom. The summed E-state index contributed by atoms with van der Waals surface area (Å²) in [6.45, 7) is 7.93. The zero-order valence-corrected chi connectivity index (χ0v) is 9.90. The van der Waals surface area contributed by atoms with Crippen molar-refractivity contribution in [1.29, 1.82) is 0 Å². The Bertz CT molecular complexity index is 109. The average molecular weight is 205 g/mol. The zero-order valence-electron chi connectivity index (χ0n) is 9.08. The molecule has 3 heteroatoms. The molecular formula is C10H23NOS. The van der Waals surface area contributed by atoms with E-state index in [-0.39, 0.29) is 6.10 Å². The van der Waals surface area contributed by atoms with Gasteiger partial charge in [-0.2, -0.15) is 11.8 Å². The van der Waals surface area contributed by atoms with Crippen LogP contribution in [0, 0.1) is 5.92 Å². The summed E-state index contributed by atoms with van der Waals surface area (Å²) >= 11 is 2.00. The van der Waals surface area contributed by atoms with Gasteiger partial charge in [0, 0.05) is 13.2 Å². The van der Waals surface area contributed by atoms with E-state index in [1.54, 1.807) is 0 Å². The van der Waals surface area contributed by atoms with Crippen LogP contribution < -0.4 is 5.73 Å². The summed E-state index contributed by atoms with van der Waals surface area (Å²) in [6, 6.07) is 0. The van der Waals surface area contributed by atoms with Crippen LogP contribution in [0.4, 0.5) is 0 Å². The molecule has 0 amide bonds. The van der Waals surface area contributed by atoms with Crippen molar-refractivity contribution in [2.24, 2.45) is 11.7 Å². The van der Waals surface area contributed by atoms with Gasteiger partial charge in [0.2, 0.25) is 0 Å². The lowest BCUT2D eigenvalue weighted by Gasteiger charge is -2.14. The minimum absolute atomic E-state index is 0.268. The van der Waals surface area contributed by atoms with E-state index in [1.807, 2.05) is 18.7 Å². The second-order valence-electron chi connectivity index (χ2n) is 3.57. The van der Waals surface area contributed by atoms with Crippen LogP contribution in [0.25, 0.3) is 0 Å². The summed E-state index contributed by atoms with van der Waals surface area (Å²) in [5.41, 5.74) is 5.57. The van der Waals surface area contributed by atoms with Crippen molar-refractivity contribution in [3.05, 3.63) is 0 Å².